The second kappa shape index (κ2) is 8.38. The zero-order valence-electron chi connectivity index (χ0n) is 16.3. The van der Waals surface area contributed by atoms with Crippen molar-refractivity contribution in [2.75, 3.05) is 6.54 Å². The van der Waals surface area contributed by atoms with Gasteiger partial charge in [0.15, 0.2) is 7.98 Å². The van der Waals surface area contributed by atoms with Crippen LogP contribution in [-0.4, -0.2) is 40.1 Å². The fraction of sp³-hybridized carbons (Fsp3) is 0.217. The lowest BCUT2D eigenvalue weighted by atomic mass is 9.98. The molecule has 0 spiro atoms. The molecule has 6 heteroatoms. The maximum Gasteiger partial charge on any atom is 0.182 e. The highest BCUT2D eigenvalue weighted by atomic mass is 16.5. The van der Waals surface area contributed by atoms with Gasteiger partial charge in [-0.15, -0.1) is 6.42 Å². The summed E-state index contributed by atoms with van der Waals surface area (Å²) in [6.45, 7) is 3.61. The van der Waals surface area contributed by atoms with Gasteiger partial charge in [-0.05, 0) is 68.4 Å². The maximum absolute atomic E-state index is 5.98. The highest BCUT2D eigenvalue weighted by Gasteiger charge is 2.25. The van der Waals surface area contributed by atoms with Crippen molar-refractivity contribution in [1.82, 2.24) is 19.6 Å². The summed E-state index contributed by atoms with van der Waals surface area (Å²) in [6, 6.07) is 10.2. The number of hydrogen-bond acceptors (Lipinski definition) is 4. The van der Waals surface area contributed by atoms with Gasteiger partial charge in [-0.3, -0.25) is 9.67 Å². The summed E-state index contributed by atoms with van der Waals surface area (Å²) in [5.41, 5.74) is 2.97. The molecule has 2 radical (unpaired) electrons. The van der Waals surface area contributed by atoms with Gasteiger partial charge in [-0.1, -0.05) is 5.92 Å². The third kappa shape index (κ3) is 3.96. The third-order valence-electron chi connectivity index (χ3n) is 5.12. The second-order valence-electron chi connectivity index (χ2n) is 6.92. The number of benzene rings is 1. The Hall–Kier alpha value is -3.30. The second-order valence-corrected chi connectivity index (χ2v) is 6.92. The molecule has 3 heterocycles. The Morgan fingerprint density at radius 2 is 2.17 bits per heavy atom. The number of terminal acetylenes is 1. The van der Waals surface area contributed by atoms with Gasteiger partial charge in [0.2, 0.25) is 0 Å². The first-order chi connectivity index (χ1) is 14.2. The average molecular weight is 380 g/mol. The first kappa shape index (κ1) is 19.0. The minimum absolute atomic E-state index is 0.324. The summed E-state index contributed by atoms with van der Waals surface area (Å²) in [5, 5.41) is 5.90. The first-order valence-electron chi connectivity index (χ1n) is 9.58. The molecule has 1 unspecified atom stereocenters. The van der Waals surface area contributed by atoms with E-state index in [0.29, 0.717) is 11.8 Å². The van der Waals surface area contributed by atoms with Crippen LogP contribution in [0.5, 0.6) is 5.75 Å². The molecule has 1 aliphatic heterocycles. The van der Waals surface area contributed by atoms with Crippen LogP contribution in [0.15, 0.2) is 66.7 Å². The van der Waals surface area contributed by atoms with Gasteiger partial charge in [0.1, 0.15) is 17.2 Å². The lowest BCUT2D eigenvalue weighted by molar-refractivity contribution is 0.181. The fourth-order valence-electron chi connectivity index (χ4n) is 3.37. The normalized spacial score (nSPS) is 17.4. The minimum Gasteiger partial charge on any atom is -0.458 e. The Morgan fingerprint density at radius 3 is 2.83 bits per heavy atom. The quantitative estimate of drug-likeness (QED) is 0.283. The van der Waals surface area contributed by atoms with E-state index in [4.69, 9.17) is 24.2 Å². The van der Waals surface area contributed by atoms with Crippen LogP contribution in [0, 0.1) is 12.3 Å². The van der Waals surface area contributed by atoms with Crippen LogP contribution in [0.2, 0.25) is 0 Å². The predicted molar refractivity (Wildman–Crippen MR) is 116 cm³/mol. The molecule has 5 nitrogen and oxygen atoms in total. The molecule has 2 aromatic heterocycles. The zero-order chi connectivity index (χ0) is 20.2. The van der Waals surface area contributed by atoms with Crippen molar-refractivity contribution in [2.24, 2.45) is 0 Å². The van der Waals surface area contributed by atoms with E-state index in [1.54, 1.807) is 18.3 Å². The summed E-state index contributed by atoms with van der Waals surface area (Å²) >= 11 is 0. The van der Waals surface area contributed by atoms with Crippen molar-refractivity contribution in [3.63, 3.8) is 0 Å². The Morgan fingerprint density at radius 1 is 1.34 bits per heavy atom. The van der Waals surface area contributed by atoms with Gasteiger partial charge in [-0.2, -0.15) is 5.10 Å². The van der Waals surface area contributed by atoms with Crippen molar-refractivity contribution < 1.29 is 4.74 Å². The molecule has 0 amide bonds. The average Bonchev–Trinajstić information content (AvgIpc) is 3.13. The van der Waals surface area contributed by atoms with Gasteiger partial charge in [-0.25, -0.2) is 0 Å². The Kier molecular flexibility index (Phi) is 5.50. The molecule has 1 fully saturated rings. The molecule has 142 valence electrons. The summed E-state index contributed by atoms with van der Waals surface area (Å²) in [5.74, 6) is 3.89. The maximum atomic E-state index is 5.98. The van der Waals surface area contributed by atoms with Crippen LogP contribution >= 0.6 is 0 Å². The number of fused-ring (bicyclic) bond motifs is 1. The topological polar surface area (TPSA) is 43.2 Å². The number of pyridine rings is 1. The van der Waals surface area contributed by atoms with Crippen LogP contribution in [0.4, 0.5) is 0 Å². The van der Waals surface area contributed by atoms with Gasteiger partial charge in [0.05, 0.1) is 12.1 Å². The highest BCUT2D eigenvalue weighted by Crippen LogP contribution is 2.30. The van der Waals surface area contributed by atoms with Crippen LogP contribution in [-0.2, 0) is 6.54 Å². The van der Waals surface area contributed by atoms with Crippen LogP contribution < -0.4 is 4.74 Å². The molecule has 1 aromatic carbocycles. The van der Waals surface area contributed by atoms with Crippen molar-refractivity contribution in [1.29, 1.82) is 0 Å². The van der Waals surface area contributed by atoms with Crippen molar-refractivity contribution in [2.45, 2.75) is 25.9 Å². The fourth-order valence-corrected chi connectivity index (χ4v) is 3.37. The monoisotopic (exact) mass is 380 g/mol. The number of ether oxygens (including phenoxy) is 1. The van der Waals surface area contributed by atoms with Gasteiger partial charge >= 0.3 is 0 Å². The molecule has 1 atom stereocenters. The standard InChI is InChI=1S/C23H21BN4O/c1-3-5-6-19(4-2)29-20-9-7-17(8-10-20)23-21-15-25-13-11-22(21)28(26-23)16-18-12-14-27(18)24/h1,4-11,13,15,18H,12,14,16H2,2H3/b6-5-,19-4+. The summed E-state index contributed by atoms with van der Waals surface area (Å²) in [6.07, 6.45) is 15.2. The summed E-state index contributed by atoms with van der Waals surface area (Å²) in [4.78, 5) is 6.16. The van der Waals surface area contributed by atoms with Gasteiger partial charge in [0.25, 0.3) is 0 Å². The van der Waals surface area contributed by atoms with Crippen molar-refractivity contribution in [3.8, 4) is 29.4 Å². The van der Waals surface area contributed by atoms with Crippen LogP contribution in [0.25, 0.3) is 22.2 Å². The molecule has 0 saturated carbocycles. The van der Waals surface area contributed by atoms with Gasteiger partial charge in [0, 0.05) is 29.4 Å². The number of aromatic nitrogens is 3. The number of hydrogen-bond donors (Lipinski definition) is 0. The molecule has 0 aliphatic carbocycles. The zero-order valence-corrected chi connectivity index (χ0v) is 16.3. The Balaban J connectivity index is 1.61. The molecule has 0 N–H and O–H groups in total. The van der Waals surface area contributed by atoms with Crippen LogP contribution in [0.3, 0.4) is 0 Å². The van der Waals surface area contributed by atoms with E-state index >= 15 is 0 Å². The number of nitrogens with zero attached hydrogens (tertiary/aromatic N) is 4. The lowest BCUT2D eigenvalue weighted by Gasteiger charge is -2.38. The molecular weight excluding hydrogens is 359 g/mol. The molecule has 4 rings (SSSR count). The lowest BCUT2D eigenvalue weighted by Crippen LogP contribution is -2.48. The summed E-state index contributed by atoms with van der Waals surface area (Å²) < 4.78 is 7.89. The Bertz CT molecular complexity index is 1110. The van der Waals surface area contributed by atoms with E-state index < -0.39 is 0 Å². The molecule has 1 aliphatic rings. The highest BCUT2D eigenvalue weighted by molar-refractivity contribution is 6.05. The van der Waals surface area contributed by atoms with Crippen LogP contribution in [0.1, 0.15) is 13.3 Å². The molecule has 29 heavy (non-hydrogen) atoms. The van der Waals surface area contributed by atoms with E-state index in [0.717, 1.165) is 47.4 Å². The Labute approximate surface area is 172 Å². The SMILES string of the molecule is [B]N1CCC1Cn1nc(-c2ccc(OC(/C=C\C#C)=C/C)cc2)c2cnccc21. The smallest absolute Gasteiger partial charge is 0.182 e. The van der Waals surface area contributed by atoms with Crippen molar-refractivity contribution >= 4 is 18.9 Å². The van der Waals surface area contributed by atoms with E-state index in [1.165, 1.54) is 0 Å². The first-order valence-corrected chi connectivity index (χ1v) is 9.58. The summed E-state index contributed by atoms with van der Waals surface area (Å²) in [7, 11) is 5.98. The van der Waals surface area contributed by atoms with E-state index in [1.807, 2.05) is 59.0 Å². The van der Waals surface area contributed by atoms with E-state index in [9.17, 15) is 0 Å². The van der Waals surface area contributed by atoms with Gasteiger partial charge < -0.3 is 9.55 Å². The predicted octanol–water partition coefficient (Wildman–Crippen LogP) is 3.73. The minimum atomic E-state index is 0.324. The molecule has 0 bridgehead atoms. The molecule has 1 saturated heterocycles. The van der Waals surface area contributed by atoms with E-state index in [-0.39, 0.29) is 0 Å². The third-order valence-corrected chi connectivity index (χ3v) is 5.12. The number of allylic oxidation sites excluding steroid dienone is 3. The number of rotatable bonds is 6. The molecule has 3 aromatic rings. The molecular formula is C23H21BN4O. The largest absolute Gasteiger partial charge is 0.458 e. The van der Waals surface area contributed by atoms with Crippen molar-refractivity contribution in [3.05, 3.63) is 66.7 Å². The van der Waals surface area contributed by atoms with E-state index in [2.05, 4.69) is 10.9 Å².